The molecular formula is C21H28N6O. The molecule has 7 nitrogen and oxygen atoms in total. The van der Waals surface area contributed by atoms with E-state index in [2.05, 4.69) is 69.6 Å². The molecule has 1 saturated heterocycles. The molecule has 1 aromatic heterocycles. The highest BCUT2D eigenvalue weighted by Crippen LogP contribution is 2.32. The van der Waals surface area contributed by atoms with E-state index in [0.29, 0.717) is 0 Å². The molecule has 0 N–H and O–H groups in total. The molecule has 0 spiro atoms. The van der Waals surface area contributed by atoms with Crippen LogP contribution in [0.3, 0.4) is 0 Å². The number of nitrogens with zero attached hydrogens (tertiary/aromatic N) is 6. The Hall–Kier alpha value is -2.51. The average molecular weight is 380 g/mol. The van der Waals surface area contributed by atoms with E-state index in [4.69, 9.17) is 4.84 Å². The van der Waals surface area contributed by atoms with Crippen LogP contribution in [0.2, 0.25) is 0 Å². The average Bonchev–Trinajstić information content (AvgIpc) is 3.18. The van der Waals surface area contributed by atoms with Gasteiger partial charge in [0.25, 0.3) is 0 Å². The lowest BCUT2D eigenvalue weighted by Gasteiger charge is -2.40. The molecule has 1 aromatic carbocycles. The van der Waals surface area contributed by atoms with Gasteiger partial charge in [-0.05, 0) is 48.4 Å². The van der Waals surface area contributed by atoms with Gasteiger partial charge in [-0.3, -0.25) is 9.88 Å². The van der Waals surface area contributed by atoms with Gasteiger partial charge in [-0.1, -0.05) is 30.3 Å². The lowest BCUT2D eigenvalue weighted by molar-refractivity contribution is -0.0708. The largest absolute Gasteiger partial charge is 0.349 e. The maximum atomic E-state index is 5.78. The summed E-state index contributed by atoms with van der Waals surface area (Å²) in [6.07, 6.45) is 4.42. The monoisotopic (exact) mass is 380 g/mol. The summed E-state index contributed by atoms with van der Waals surface area (Å²) >= 11 is 0. The second-order valence-electron chi connectivity index (χ2n) is 7.58. The van der Waals surface area contributed by atoms with Crippen molar-refractivity contribution in [3.05, 3.63) is 65.5 Å². The molecule has 0 radical (unpaired) electrons. The van der Waals surface area contributed by atoms with E-state index in [1.807, 2.05) is 23.5 Å². The van der Waals surface area contributed by atoms with Gasteiger partial charge in [0.05, 0.1) is 6.04 Å². The Kier molecular flexibility index (Phi) is 5.83. The minimum Gasteiger partial charge on any atom is -0.349 e. The molecule has 2 aliphatic rings. The zero-order valence-electron chi connectivity index (χ0n) is 16.6. The molecule has 1 fully saturated rings. The summed E-state index contributed by atoms with van der Waals surface area (Å²) in [5, 5.41) is 10.2. The van der Waals surface area contributed by atoms with E-state index in [-0.39, 0.29) is 12.3 Å². The van der Waals surface area contributed by atoms with Crippen molar-refractivity contribution in [1.82, 2.24) is 19.8 Å². The van der Waals surface area contributed by atoms with E-state index >= 15 is 0 Å². The van der Waals surface area contributed by atoms with E-state index in [0.717, 1.165) is 44.7 Å². The number of hydrogen-bond donors (Lipinski definition) is 0. The van der Waals surface area contributed by atoms with Crippen molar-refractivity contribution in [1.29, 1.82) is 0 Å². The number of hydrogen-bond acceptors (Lipinski definition) is 7. The first kappa shape index (κ1) is 18.8. The summed E-state index contributed by atoms with van der Waals surface area (Å²) < 4.78 is 0. The fraction of sp³-hybridized carbons (Fsp3) is 0.476. The molecule has 4 rings (SSSR count). The van der Waals surface area contributed by atoms with Crippen molar-refractivity contribution in [2.45, 2.75) is 25.6 Å². The Bertz CT molecular complexity index is 790. The normalized spacial score (nSPS) is 21.6. The molecule has 0 saturated carbocycles. The first-order valence-corrected chi connectivity index (χ1v) is 9.93. The topological polar surface area (TPSA) is 56.6 Å². The number of pyridine rings is 1. The van der Waals surface area contributed by atoms with Crippen molar-refractivity contribution in [3.63, 3.8) is 0 Å². The summed E-state index contributed by atoms with van der Waals surface area (Å²) in [5.74, 6) is 0. The number of benzene rings is 1. The summed E-state index contributed by atoms with van der Waals surface area (Å²) in [4.78, 5) is 15.0. The minimum atomic E-state index is -0.239. The highest BCUT2D eigenvalue weighted by molar-refractivity contribution is 5.25. The Labute approximate surface area is 166 Å². The number of rotatable bonds is 6. The molecular weight excluding hydrogens is 352 g/mol. The van der Waals surface area contributed by atoms with Gasteiger partial charge in [-0.2, -0.15) is 0 Å². The number of aromatic nitrogens is 1. The Balaban J connectivity index is 1.52. The van der Waals surface area contributed by atoms with E-state index in [1.165, 1.54) is 11.1 Å². The predicted molar refractivity (Wildman–Crippen MR) is 107 cm³/mol. The molecule has 2 unspecified atom stereocenters. The predicted octanol–water partition coefficient (Wildman–Crippen LogP) is 2.86. The van der Waals surface area contributed by atoms with Crippen molar-refractivity contribution in [3.8, 4) is 0 Å². The zero-order chi connectivity index (χ0) is 19.3. The van der Waals surface area contributed by atoms with E-state index in [9.17, 15) is 0 Å². The summed E-state index contributed by atoms with van der Waals surface area (Å²) in [6, 6.07) is 12.6. The van der Waals surface area contributed by atoms with Crippen LogP contribution < -0.4 is 0 Å². The van der Waals surface area contributed by atoms with E-state index in [1.54, 1.807) is 0 Å². The van der Waals surface area contributed by atoms with Crippen molar-refractivity contribution in [2.75, 3.05) is 39.8 Å². The molecule has 28 heavy (non-hydrogen) atoms. The Morgan fingerprint density at radius 1 is 1.11 bits per heavy atom. The molecule has 0 amide bonds. The summed E-state index contributed by atoms with van der Waals surface area (Å²) in [7, 11) is 2.17. The van der Waals surface area contributed by atoms with E-state index < -0.39 is 0 Å². The van der Waals surface area contributed by atoms with Gasteiger partial charge in [0.1, 0.15) is 0 Å². The standard InChI is InChI=1S/C21H28N6O/c1-17-6-3-4-7-18(17)9-11-27-21(28-24-23-27)20(19-8-5-10-22-16-19)26-14-12-25(2)13-15-26/h3-8,10,16,20-21H,9,11-15H2,1-2H3. The van der Waals surface area contributed by atoms with Crippen LogP contribution >= 0.6 is 0 Å². The van der Waals surface area contributed by atoms with Gasteiger partial charge in [0, 0.05) is 50.4 Å². The van der Waals surface area contributed by atoms with Crippen LogP contribution in [0.5, 0.6) is 0 Å². The Morgan fingerprint density at radius 3 is 2.68 bits per heavy atom. The van der Waals surface area contributed by atoms with Crippen molar-refractivity contribution >= 4 is 0 Å². The molecule has 3 heterocycles. The lowest BCUT2D eigenvalue weighted by atomic mass is 10.0. The smallest absolute Gasteiger partial charge is 0.237 e. The molecule has 0 aliphatic carbocycles. The number of likely N-dealkylation sites (N-methyl/N-ethyl adjacent to an activating group) is 1. The Morgan fingerprint density at radius 2 is 1.93 bits per heavy atom. The third-order valence-corrected chi connectivity index (χ3v) is 5.70. The van der Waals surface area contributed by atoms with Gasteiger partial charge < -0.3 is 9.74 Å². The van der Waals surface area contributed by atoms with Gasteiger partial charge in [0.2, 0.25) is 6.23 Å². The fourth-order valence-electron chi connectivity index (χ4n) is 3.95. The maximum absolute atomic E-state index is 5.78. The maximum Gasteiger partial charge on any atom is 0.237 e. The van der Waals surface area contributed by atoms with Crippen molar-refractivity contribution < 1.29 is 4.84 Å². The first-order valence-electron chi connectivity index (χ1n) is 9.93. The summed E-state index contributed by atoms with van der Waals surface area (Å²) in [6.45, 7) is 6.98. The zero-order valence-corrected chi connectivity index (χ0v) is 16.6. The molecule has 2 aliphatic heterocycles. The van der Waals surface area contributed by atoms with Gasteiger partial charge in [-0.15, -0.1) is 0 Å². The van der Waals surface area contributed by atoms with Gasteiger partial charge in [0.15, 0.2) is 0 Å². The third-order valence-electron chi connectivity index (χ3n) is 5.70. The third kappa shape index (κ3) is 4.15. The highest BCUT2D eigenvalue weighted by atomic mass is 16.7. The SMILES string of the molecule is Cc1ccccc1CCN1N=NOC1C(c1cccnc1)N1CCN(C)CC1. The van der Waals surface area contributed by atoms with Crippen LogP contribution in [0.4, 0.5) is 0 Å². The van der Waals surface area contributed by atoms with Crippen LogP contribution in [-0.2, 0) is 11.3 Å². The van der Waals surface area contributed by atoms with Gasteiger partial charge in [-0.25, -0.2) is 5.01 Å². The molecule has 7 heteroatoms. The molecule has 2 aromatic rings. The fourth-order valence-corrected chi connectivity index (χ4v) is 3.95. The second-order valence-corrected chi connectivity index (χ2v) is 7.58. The number of aryl methyl sites for hydroxylation is 1. The highest BCUT2D eigenvalue weighted by Gasteiger charge is 2.39. The van der Waals surface area contributed by atoms with Crippen LogP contribution in [-0.4, -0.2) is 65.8 Å². The molecule has 2 atom stereocenters. The first-order chi connectivity index (χ1) is 13.7. The summed E-state index contributed by atoms with van der Waals surface area (Å²) in [5.41, 5.74) is 3.78. The molecule has 148 valence electrons. The number of piperazine rings is 1. The van der Waals surface area contributed by atoms with Crippen LogP contribution in [0.25, 0.3) is 0 Å². The molecule has 0 bridgehead atoms. The van der Waals surface area contributed by atoms with Crippen LogP contribution in [0.1, 0.15) is 22.7 Å². The lowest BCUT2D eigenvalue weighted by Crippen LogP contribution is -2.51. The van der Waals surface area contributed by atoms with Crippen molar-refractivity contribution in [2.24, 2.45) is 10.5 Å². The quantitative estimate of drug-likeness (QED) is 0.771. The van der Waals surface area contributed by atoms with Crippen LogP contribution in [0.15, 0.2) is 59.3 Å². The minimum absolute atomic E-state index is 0.0503. The van der Waals surface area contributed by atoms with Crippen LogP contribution in [0, 0.1) is 6.92 Å². The van der Waals surface area contributed by atoms with Gasteiger partial charge >= 0.3 is 0 Å². The second kappa shape index (κ2) is 8.67.